The highest BCUT2D eigenvalue weighted by Crippen LogP contribution is 2.10. The van der Waals surface area contributed by atoms with Gasteiger partial charge in [-0.2, -0.15) is 4.37 Å². The third-order valence-corrected chi connectivity index (χ3v) is 1.50. The fourth-order valence-electron chi connectivity index (χ4n) is 0.449. The quantitative estimate of drug-likeness (QED) is 0.381. The minimum Gasteiger partial charge on any atom is -0.396 e. The summed E-state index contributed by atoms with van der Waals surface area (Å²) >= 11 is 1.20. The van der Waals surface area contributed by atoms with Crippen molar-refractivity contribution >= 4 is 23.1 Å². The van der Waals surface area contributed by atoms with E-state index in [4.69, 9.17) is 16.9 Å². The van der Waals surface area contributed by atoms with E-state index in [-0.39, 0.29) is 5.84 Å². The Hall–Kier alpha value is -1.10. The van der Waals surface area contributed by atoms with Gasteiger partial charge in [0.25, 0.3) is 0 Å². The first-order valence-corrected chi connectivity index (χ1v) is 3.09. The van der Waals surface area contributed by atoms with Crippen LogP contribution in [0.15, 0.2) is 5.38 Å². The van der Waals surface area contributed by atoms with E-state index in [1.54, 1.807) is 5.38 Å². The van der Waals surface area contributed by atoms with E-state index in [1.165, 1.54) is 11.5 Å². The molecule has 0 radical (unpaired) electrons. The molecule has 0 spiro atoms. The van der Waals surface area contributed by atoms with Gasteiger partial charge in [-0.25, -0.2) is 0 Å². The van der Waals surface area contributed by atoms with Gasteiger partial charge in [-0.1, -0.05) is 0 Å². The van der Waals surface area contributed by atoms with E-state index in [2.05, 4.69) is 4.37 Å². The first-order chi connectivity index (χ1) is 4.22. The van der Waals surface area contributed by atoms with E-state index in [1.807, 2.05) is 0 Å². The second-order valence-electron chi connectivity index (χ2n) is 1.53. The van der Waals surface area contributed by atoms with Gasteiger partial charge in [0.1, 0.15) is 11.5 Å². The third-order valence-electron chi connectivity index (χ3n) is 0.852. The lowest BCUT2D eigenvalue weighted by Gasteiger charge is -1.89. The number of nitrogens with zero attached hydrogens (tertiary/aromatic N) is 1. The van der Waals surface area contributed by atoms with Crippen molar-refractivity contribution in [2.45, 2.75) is 0 Å². The van der Waals surface area contributed by atoms with Gasteiger partial charge in [0.15, 0.2) is 0 Å². The van der Waals surface area contributed by atoms with Crippen molar-refractivity contribution in [1.82, 2.24) is 4.37 Å². The molecule has 0 aliphatic heterocycles. The highest BCUT2D eigenvalue weighted by atomic mass is 32.1. The predicted octanol–water partition coefficient (Wildman–Crippen LogP) is 0.00937. The summed E-state index contributed by atoms with van der Waals surface area (Å²) in [6.45, 7) is 0. The molecule has 0 unspecified atom stereocenters. The maximum absolute atomic E-state index is 6.93. The first kappa shape index (κ1) is 6.03. The highest BCUT2D eigenvalue weighted by Gasteiger charge is 2.02. The van der Waals surface area contributed by atoms with Crippen LogP contribution in [-0.2, 0) is 0 Å². The summed E-state index contributed by atoms with van der Waals surface area (Å²) in [6.07, 6.45) is 0. The molecule has 0 bridgehead atoms. The van der Waals surface area contributed by atoms with Crippen LogP contribution in [0, 0.1) is 5.41 Å². The van der Waals surface area contributed by atoms with Crippen molar-refractivity contribution in [3.05, 3.63) is 11.1 Å². The number of anilines is 1. The van der Waals surface area contributed by atoms with Gasteiger partial charge in [-0.15, -0.1) is 0 Å². The fourth-order valence-corrected chi connectivity index (χ4v) is 1.04. The highest BCUT2D eigenvalue weighted by molar-refractivity contribution is 7.04. The molecule has 0 atom stereocenters. The number of nitrogens with two attached hydrogens (primary N) is 2. The van der Waals surface area contributed by atoms with E-state index >= 15 is 0 Å². The number of nitrogen functional groups attached to an aromatic ring is 2. The Morgan fingerprint density at radius 2 is 2.44 bits per heavy atom. The molecular weight excluding hydrogens is 136 g/mol. The maximum atomic E-state index is 6.93. The molecule has 0 amide bonds. The minimum atomic E-state index is -0.0752. The molecule has 0 saturated carbocycles. The van der Waals surface area contributed by atoms with Crippen LogP contribution in [0.2, 0.25) is 0 Å². The van der Waals surface area contributed by atoms with E-state index in [0.29, 0.717) is 11.4 Å². The molecule has 1 aromatic rings. The number of nitrogens with one attached hydrogen (secondary N) is 1. The lowest BCUT2D eigenvalue weighted by atomic mass is 10.4. The number of hydrogen-bond donors (Lipinski definition) is 3. The Morgan fingerprint density at radius 1 is 1.78 bits per heavy atom. The second kappa shape index (κ2) is 2.02. The van der Waals surface area contributed by atoms with Gasteiger partial charge in [0.2, 0.25) is 0 Å². The average Bonchev–Trinajstić information content (AvgIpc) is 2.13. The smallest absolute Gasteiger partial charge is 0.145 e. The van der Waals surface area contributed by atoms with Crippen LogP contribution in [-0.4, -0.2) is 10.2 Å². The lowest BCUT2D eigenvalue weighted by Crippen LogP contribution is -2.13. The predicted molar refractivity (Wildman–Crippen MR) is 37.5 cm³/mol. The molecule has 1 rings (SSSR count). The Kier molecular flexibility index (Phi) is 1.35. The van der Waals surface area contributed by atoms with Crippen molar-refractivity contribution in [3.8, 4) is 0 Å². The van der Waals surface area contributed by atoms with Gasteiger partial charge >= 0.3 is 0 Å². The molecule has 0 saturated heterocycles. The van der Waals surface area contributed by atoms with Gasteiger partial charge in [-0.05, 0) is 11.5 Å². The molecule has 5 heteroatoms. The van der Waals surface area contributed by atoms with Crippen molar-refractivity contribution in [2.75, 3.05) is 5.73 Å². The van der Waals surface area contributed by atoms with E-state index in [0.717, 1.165) is 0 Å². The van der Waals surface area contributed by atoms with Crippen molar-refractivity contribution in [1.29, 1.82) is 5.41 Å². The van der Waals surface area contributed by atoms with Crippen LogP contribution < -0.4 is 11.5 Å². The third kappa shape index (κ3) is 0.996. The largest absolute Gasteiger partial charge is 0.396 e. The number of rotatable bonds is 1. The summed E-state index contributed by atoms with van der Waals surface area (Å²) in [6, 6.07) is 0. The molecular formula is C4H6N4S. The molecule has 0 aliphatic carbocycles. The molecule has 0 aromatic carbocycles. The Labute approximate surface area is 56.2 Å². The summed E-state index contributed by atoms with van der Waals surface area (Å²) in [5, 5.41) is 8.58. The maximum Gasteiger partial charge on any atom is 0.145 e. The summed E-state index contributed by atoms with van der Waals surface area (Å²) in [5.41, 5.74) is 11.3. The molecule has 1 heterocycles. The van der Waals surface area contributed by atoms with Gasteiger partial charge < -0.3 is 11.5 Å². The van der Waals surface area contributed by atoms with Crippen molar-refractivity contribution in [2.24, 2.45) is 5.73 Å². The second-order valence-corrected chi connectivity index (χ2v) is 2.16. The SMILES string of the molecule is N=C(N)c1nscc1N. The summed E-state index contributed by atoms with van der Waals surface area (Å²) in [7, 11) is 0. The molecule has 0 aliphatic rings. The molecule has 9 heavy (non-hydrogen) atoms. The normalized spacial score (nSPS) is 9.33. The molecule has 0 fully saturated rings. The van der Waals surface area contributed by atoms with Gasteiger partial charge in [-0.3, -0.25) is 5.41 Å². The summed E-state index contributed by atoms with van der Waals surface area (Å²) < 4.78 is 3.78. The number of amidine groups is 1. The summed E-state index contributed by atoms with van der Waals surface area (Å²) in [5.74, 6) is -0.0752. The van der Waals surface area contributed by atoms with Crippen LogP contribution in [0.5, 0.6) is 0 Å². The van der Waals surface area contributed by atoms with Crippen LogP contribution in [0.4, 0.5) is 5.69 Å². The van der Waals surface area contributed by atoms with Gasteiger partial charge in [0, 0.05) is 5.38 Å². The zero-order valence-electron chi connectivity index (χ0n) is 4.59. The van der Waals surface area contributed by atoms with Crippen molar-refractivity contribution < 1.29 is 0 Å². The molecule has 1 aromatic heterocycles. The molecule has 5 N–H and O–H groups in total. The topological polar surface area (TPSA) is 88.8 Å². The lowest BCUT2D eigenvalue weighted by molar-refractivity contribution is 1.37. The molecule has 4 nitrogen and oxygen atoms in total. The van der Waals surface area contributed by atoms with Crippen LogP contribution in [0.3, 0.4) is 0 Å². The monoisotopic (exact) mass is 142 g/mol. The Balaban J connectivity index is 3.08. The first-order valence-electron chi connectivity index (χ1n) is 2.26. The zero-order valence-corrected chi connectivity index (χ0v) is 5.40. The average molecular weight is 142 g/mol. The zero-order chi connectivity index (χ0) is 6.85. The number of aromatic nitrogens is 1. The van der Waals surface area contributed by atoms with Crippen LogP contribution in [0.25, 0.3) is 0 Å². The van der Waals surface area contributed by atoms with Crippen LogP contribution in [0.1, 0.15) is 5.69 Å². The standard InChI is InChI=1S/C4H6N4S/c5-2-1-9-8-3(2)4(6)7/h1H,5H2,(H3,6,7). The van der Waals surface area contributed by atoms with Crippen LogP contribution >= 0.6 is 11.5 Å². The van der Waals surface area contributed by atoms with Gasteiger partial charge in [0.05, 0.1) is 5.69 Å². The van der Waals surface area contributed by atoms with Crippen molar-refractivity contribution in [3.63, 3.8) is 0 Å². The van der Waals surface area contributed by atoms with E-state index < -0.39 is 0 Å². The fraction of sp³-hybridized carbons (Fsp3) is 0. The summed E-state index contributed by atoms with van der Waals surface area (Å²) in [4.78, 5) is 0. The van der Waals surface area contributed by atoms with E-state index in [9.17, 15) is 0 Å². The minimum absolute atomic E-state index is 0.0752. The Bertz CT molecular complexity index is 228. The number of hydrogen-bond acceptors (Lipinski definition) is 4. The molecule has 48 valence electrons. The Morgan fingerprint density at radius 3 is 2.67 bits per heavy atom.